The van der Waals surface area contributed by atoms with Crippen molar-refractivity contribution in [3.05, 3.63) is 52.9 Å². The van der Waals surface area contributed by atoms with E-state index in [1.54, 1.807) is 11.3 Å². The van der Waals surface area contributed by atoms with Gasteiger partial charge >= 0.3 is 0 Å². The van der Waals surface area contributed by atoms with Gasteiger partial charge in [-0.2, -0.15) is 0 Å². The molecule has 0 N–H and O–H groups in total. The molecule has 1 aliphatic rings. The highest BCUT2D eigenvalue weighted by atomic mass is 32.1. The fourth-order valence-corrected chi connectivity index (χ4v) is 4.73. The zero-order chi connectivity index (χ0) is 18.1. The van der Waals surface area contributed by atoms with E-state index < -0.39 is 0 Å². The Labute approximate surface area is 158 Å². The SMILES string of the molecule is CC[C@H]1CCCCN1C(=O)c1cc(-c2ccc(C)s2)nc2ccccc12. The minimum atomic E-state index is 0.157. The smallest absolute Gasteiger partial charge is 0.254 e. The number of hydrogen-bond donors (Lipinski definition) is 0. The summed E-state index contributed by atoms with van der Waals surface area (Å²) in [6, 6.07) is 14.6. The highest BCUT2D eigenvalue weighted by Crippen LogP contribution is 2.31. The van der Waals surface area contributed by atoms with Crippen LogP contribution in [0.4, 0.5) is 0 Å². The molecule has 4 heteroatoms. The number of carbonyl (C=O) groups excluding carboxylic acids is 1. The Hall–Kier alpha value is -2.20. The van der Waals surface area contributed by atoms with E-state index in [4.69, 9.17) is 4.98 Å². The number of fused-ring (bicyclic) bond motifs is 1. The predicted molar refractivity (Wildman–Crippen MR) is 109 cm³/mol. The number of benzene rings is 1. The summed E-state index contributed by atoms with van der Waals surface area (Å²) in [4.78, 5) is 22.8. The quantitative estimate of drug-likeness (QED) is 0.599. The van der Waals surface area contributed by atoms with Crippen molar-refractivity contribution in [2.24, 2.45) is 0 Å². The minimum Gasteiger partial charge on any atom is -0.336 e. The van der Waals surface area contributed by atoms with E-state index in [-0.39, 0.29) is 5.91 Å². The first-order chi connectivity index (χ1) is 12.7. The van der Waals surface area contributed by atoms with Crippen molar-refractivity contribution in [1.29, 1.82) is 0 Å². The van der Waals surface area contributed by atoms with Gasteiger partial charge in [0, 0.05) is 22.8 Å². The van der Waals surface area contributed by atoms with Crippen LogP contribution in [-0.2, 0) is 0 Å². The molecule has 0 unspecified atom stereocenters. The number of aryl methyl sites for hydroxylation is 1. The Morgan fingerprint density at radius 2 is 2.08 bits per heavy atom. The summed E-state index contributed by atoms with van der Waals surface area (Å²) in [6.07, 6.45) is 4.45. The van der Waals surface area contributed by atoms with Crippen molar-refractivity contribution in [1.82, 2.24) is 9.88 Å². The molecule has 1 saturated heterocycles. The predicted octanol–water partition coefficient (Wildman–Crippen LogP) is 5.68. The van der Waals surface area contributed by atoms with Gasteiger partial charge in [-0.05, 0) is 56.9 Å². The minimum absolute atomic E-state index is 0.157. The molecule has 3 nitrogen and oxygen atoms in total. The first-order valence-corrected chi connectivity index (χ1v) is 10.3. The Balaban J connectivity index is 1.83. The molecular formula is C22H24N2OS. The molecule has 0 aliphatic carbocycles. The van der Waals surface area contributed by atoms with Gasteiger partial charge in [0.1, 0.15) is 0 Å². The van der Waals surface area contributed by atoms with E-state index in [9.17, 15) is 4.79 Å². The summed E-state index contributed by atoms with van der Waals surface area (Å²) < 4.78 is 0. The molecule has 3 heterocycles. The van der Waals surface area contributed by atoms with Gasteiger partial charge in [0.15, 0.2) is 0 Å². The van der Waals surface area contributed by atoms with Gasteiger partial charge in [-0.25, -0.2) is 4.98 Å². The number of carbonyl (C=O) groups is 1. The number of rotatable bonds is 3. The van der Waals surface area contributed by atoms with Crippen LogP contribution in [-0.4, -0.2) is 28.4 Å². The molecule has 0 saturated carbocycles. The highest BCUT2D eigenvalue weighted by Gasteiger charge is 2.27. The lowest BCUT2D eigenvalue weighted by molar-refractivity contribution is 0.0610. The van der Waals surface area contributed by atoms with Crippen molar-refractivity contribution in [2.45, 2.75) is 45.6 Å². The lowest BCUT2D eigenvalue weighted by Gasteiger charge is -2.35. The maximum atomic E-state index is 13.5. The van der Waals surface area contributed by atoms with Crippen molar-refractivity contribution >= 4 is 28.1 Å². The van der Waals surface area contributed by atoms with Crippen LogP contribution in [0, 0.1) is 6.92 Å². The maximum Gasteiger partial charge on any atom is 0.254 e. The lowest BCUT2D eigenvalue weighted by atomic mass is 9.97. The second-order valence-corrected chi connectivity index (χ2v) is 8.33. The third kappa shape index (κ3) is 3.14. The maximum absolute atomic E-state index is 13.5. The van der Waals surface area contributed by atoms with Crippen molar-refractivity contribution in [3.8, 4) is 10.6 Å². The van der Waals surface area contributed by atoms with Crippen LogP contribution in [0.2, 0.25) is 0 Å². The molecule has 1 aliphatic heterocycles. The number of hydrogen-bond acceptors (Lipinski definition) is 3. The molecule has 0 spiro atoms. The number of aromatic nitrogens is 1. The van der Waals surface area contributed by atoms with Gasteiger partial charge < -0.3 is 4.90 Å². The molecule has 4 rings (SSSR count). The number of pyridine rings is 1. The Morgan fingerprint density at radius 3 is 2.85 bits per heavy atom. The van der Waals surface area contributed by atoms with Gasteiger partial charge in [0.05, 0.1) is 21.7 Å². The summed E-state index contributed by atoms with van der Waals surface area (Å²) in [5.41, 5.74) is 2.58. The molecule has 26 heavy (non-hydrogen) atoms. The molecule has 134 valence electrons. The zero-order valence-corrected chi connectivity index (χ0v) is 16.2. The number of para-hydroxylation sites is 1. The van der Waals surface area contributed by atoms with Crippen LogP contribution < -0.4 is 0 Å². The van der Waals surface area contributed by atoms with Crippen LogP contribution >= 0.6 is 11.3 Å². The highest BCUT2D eigenvalue weighted by molar-refractivity contribution is 7.15. The molecule has 1 aromatic carbocycles. The Bertz CT molecular complexity index is 946. The number of nitrogens with zero attached hydrogens (tertiary/aromatic N) is 2. The van der Waals surface area contributed by atoms with E-state index in [0.717, 1.165) is 52.8 Å². The van der Waals surface area contributed by atoms with Crippen molar-refractivity contribution in [3.63, 3.8) is 0 Å². The van der Waals surface area contributed by atoms with Crippen LogP contribution in [0.3, 0.4) is 0 Å². The summed E-state index contributed by atoms with van der Waals surface area (Å²) in [7, 11) is 0. The average Bonchev–Trinajstić information content (AvgIpc) is 3.13. The van der Waals surface area contributed by atoms with E-state index in [1.807, 2.05) is 30.3 Å². The molecular weight excluding hydrogens is 340 g/mol. The van der Waals surface area contributed by atoms with E-state index in [1.165, 1.54) is 11.3 Å². The summed E-state index contributed by atoms with van der Waals surface area (Å²) >= 11 is 1.72. The fourth-order valence-electron chi connectivity index (χ4n) is 3.90. The number of amides is 1. The van der Waals surface area contributed by atoms with E-state index in [2.05, 4.69) is 30.9 Å². The molecule has 3 aromatic rings. The molecule has 1 amide bonds. The van der Waals surface area contributed by atoms with Crippen LogP contribution in [0.25, 0.3) is 21.5 Å². The van der Waals surface area contributed by atoms with Crippen LogP contribution in [0.15, 0.2) is 42.5 Å². The van der Waals surface area contributed by atoms with Gasteiger partial charge in [0.25, 0.3) is 5.91 Å². The van der Waals surface area contributed by atoms with E-state index >= 15 is 0 Å². The van der Waals surface area contributed by atoms with Crippen LogP contribution in [0.5, 0.6) is 0 Å². The second kappa shape index (κ2) is 7.20. The van der Waals surface area contributed by atoms with Crippen molar-refractivity contribution < 1.29 is 4.79 Å². The third-order valence-electron chi connectivity index (χ3n) is 5.30. The summed E-state index contributed by atoms with van der Waals surface area (Å²) in [6.45, 7) is 5.14. The first-order valence-electron chi connectivity index (χ1n) is 9.45. The molecule has 2 aromatic heterocycles. The normalized spacial score (nSPS) is 17.6. The molecule has 0 radical (unpaired) electrons. The van der Waals surface area contributed by atoms with Gasteiger partial charge in [-0.15, -0.1) is 11.3 Å². The Morgan fingerprint density at radius 1 is 1.23 bits per heavy atom. The summed E-state index contributed by atoms with van der Waals surface area (Å²) in [5, 5.41) is 0.954. The Kier molecular flexibility index (Phi) is 4.77. The monoisotopic (exact) mass is 364 g/mol. The lowest BCUT2D eigenvalue weighted by Crippen LogP contribution is -2.43. The molecule has 0 bridgehead atoms. The average molecular weight is 365 g/mol. The van der Waals surface area contributed by atoms with Gasteiger partial charge in [-0.1, -0.05) is 25.1 Å². The number of likely N-dealkylation sites (tertiary alicyclic amines) is 1. The zero-order valence-electron chi connectivity index (χ0n) is 15.4. The standard InChI is InChI=1S/C22H24N2OS/c1-3-16-8-6-7-13-24(16)22(25)18-14-20(21-12-11-15(2)26-21)23-19-10-5-4-9-17(18)19/h4-5,9-12,14,16H,3,6-8,13H2,1-2H3/t16-/m0/s1. The summed E-state index contributed by atoms with van der Waals surface area (Å²) in [5.74, 6) is 0.157. The number of piperidine rings is 1. The van der Waals surface area contributed by atoms with Gasteiger partial charge in [-0.3, -0.25) is 4.79 Å². The second-order valence-electron chi connectivity index (χ2n) is 7.04. The van der Waals surface area contributed by atoms with E-state index in [0.29, 0.717) is 6.04 Å². The largest absolute Gasteiger partial charge is 0.336 e. The first kappa shape index (κ1) is 17.2. The van der Waals surface area contributed by atoms with Gasteiger partial charge in [0.2, 0.25) is 0 Å². The molecule has 1 atom stereocenters. The third-order valence-corrected chi connectivity index (χ3v) is 6.32. The van der Waals surface area contributed by atoms with Crippen molar-refractivity contribution in [2.75, 3.05) is 6.54 Å². The topological polar surface area (TPSA) is 33.2 Å². The van der Waals surface area contributed by atoms with Crippen LogP contribution in [0.1, 0.15) is 47.8 Å². The number of thiophene rings is 1. The fraction of sp³-hybridized carbons (Fsp3) is 0.364. The molecule has 1 fully saturated rings.